The highest BCUT2D eigenvalue weighted by molar-refractivity contribution is 8.13. The van der Waals surface area contributed by atoms with Crippen LogP contribution in [0.3, 0.4) is 0 Å². The van der Waals surface area contributed by atoms with Crippen LogP contribution < -0.4 is 5.73 Å². The molecule has 0 aromatic carbocycles. The molecule has 0 aliphatic rings. The van der Waals surface area contributed by atoms with Gasteiger partial charge in [0.25, 0.3) is 0 Å². The largest absolute Gasteiger partial charge is 0.379 e. The van der Waals surface area contributed by atoms with Gasteiger partial charge in [-0.05, 0) is 6.92 Å². The topological polar surface area (TPSA) is 75.7 Å². The lowest BCUT2D eigenvalue weighted by Gasteiger charge is -1.91. The average molecular weight is 225 g/mol. The van der Waals surface area contributed by atoms with E-state index in [9.17, 15) is 0 Å². The maximum atomic E-state index is 6.95. The Bertz CT molecular complexity index is 262. The van der Waals surface area contributed by atoms with Crippen molar-refractivity contribution in [2.75, 3.05) is 0 Å². The van der Waals surface area contributed by atoms with Crippen LogP contribution >= 0.6 is 35.5 Å². The standard InChI is InChI=1S/C5H8N4S2.ClH/c1-3-8-9-4(11-3)2-10-5(6)7;/h2H2,1H3,(H3,6,7);1H. The summed E-state index contributed by atoms with van der Waals surface area (Å²) in [4.78, 5) is 0. The Morgan fingerprint density at radius 1 is 1.67 bits per heavy atom. The summed E-state index contributed by atoms with van der Waals surface area (Å²) in [6.07, 6.45) is 0. The van der Waals surface area contributed by atoms with Crippen molar-refractivity contribution in [2.45, 2.75) is 12.7 Å². The van der Waals surface area contributed by atoms with Gasteiger partial charge in [0.15, 0.2) is 5.17 Å². The van der Waals surface area contributed by atoms with Gasteiger partial charge < -0.3 is 5.73 Å². The molecule has 0 radical (unpaired) electrons. The first-order chi connectivity index (χ1) is 5.18. The molecule has 1 heterocycles. The van der Waals surface area contributed by atoms with Crippen LogP contribution in [0.1, 0.15) is 10.0 Å². The van der Waals surface area contributed by atoms with Gasteiger partial charge in [-0.3, -0.25) is 5.41 Å². The molecule has 68 valence electrons. The Kier molecular flexibility index (Phi) is 5.19. The first kappa shape index (κ1) is 11.7. The molecule has 7 heteroatoms. The first-order valence-corrected chi connectivity index (χ1v) is 4.74. The molecule has 0 aliphatic heterocycles. The molecule has 1 rings (SSSR count). The molecule has 0 saturated carbocycles. The molecule has 0 saturated heterocycles. The fourth-order valence-corrected chi connectivity index (χ4v) is 1.79. The van der Waals surface area contributed by atoms with Crippen LogP contribution in [0.15, 0.2) is 0 Å². The average Bonchev–Trinajstić information content (AvgIpc) is 2.31. The number of nitrogens with zero attached hydrogens (tertiary/aromatic N) is 2. The fourth-order valence-electron chi connectivity index (χ4n) is 0.535. The second-order valence-corrected chi connectivity index (χ2v) is 4.15. The lowest BCUT2D eigenvalue weighted by Crippen LogP contribution is -2.03. The van der Waals surface area contributed by atoms with Gasteiger partial charge in [-0.2, -0.15) is 0 Å². The molecule has 0 atom stereocenters. The zero-order valence-electron chi connectivity index (χ0n) is 6.40. The van der Waals surface area contributed by atoms with E-state index in [1.165, 1.54) is 23.1 Å². The Labute approximate surface area is 84.9 Å². The maximum Gasteiger partial charge on any atom is 0.151 e. The van der Waals surface area contributed by atoms with Gasteiger partial charge in [-0.25, -0.2) is 0 Å². The Morgan fingerprint density at radius 2 is 2.33 bits per heavy atom. The number of thioether (sulfide) groups is 1. The number of amidine groups is 1. The molecule has 0 bridgehead atoms. The third-order valence-corrected chi connectivity index (χ3v) is 2.67. The number of aryl methyl sites for hydroxylation is 1. The highest BCUT2D eigenvalue weighted by atomic mass is 35.5. The van der Waals surface area contributed by atoms with E-state index in [0.717, 1.165) is 10.0 Å². The van der Waals surface area contributed by atoms with Gasteiger partial charge in [-0.1, -0.05) is 11.8 Å². The fraction of sp³-hybridized carbons (Fsp3) is 0.400. The summed E-state index contributed by atoms with van der Waals surface area (Å²) in [5, 5.41) is 16.7. The van der Waals surface area contributed by atoms with E-state index >= 15 is 0 Å². The van der Waals surface area contributed by atoms with Gasteiger partial charge in [-0.15, -0.1) is 33.9 Å². The zero-order chi connectivity index (χ0) is 8.27. The molecular formula is C5H9ClN4S2. The van der Waals surface area contributed by atoms with Crippen LogP contribution in [0.4, 0.5) is 0 Å². The zero-order valence-corrected chi connectivity index (χ0v) is 8.85. The second-order valence-electron chi connectivity index (χ2n) is 1.87. The summed E-state index contributed by atoms with van der Waals surface area (Å²) in [6, 6.07) is 0. The minimum atomic E-state index is 0. The predicted molar refractivity (Wildman–Crippen MR) is 55.1 cm³/mol. The van der Waals surface area contributed by atoms with Crippen molar-refractivity contribution in [2.24, 2.45) is 5.73 Å². The summed E-state index contributed by atoms with van der Waals surface area (Å²) < 4.78 is 0. The summed E-state index contributed by atoms with van der Waals surface area (Å²) in [5.74, 6) is 0.654. The summed E-state index contributed by atoms with van der Waals surface area (Å²) in [5.41, 5.74) is 5.15. The number of hydrogen-bond acceptors (Lipinski definition) is 5. The van der Waals surface area contributed by atoms with Crippen molar-refractivity contribution in [3.8, 4) is 0 Å². The van der Waals surface area contributed by atoms with E-state index < -0.39 is 0 Å². The minimum absolute atomic E-state index is 0. The SMILES string of the molecule is Cc1nnc(CSC(=N)N)s1.Cl. The van der Waals surface area contributed by atoms with Crippen LogP contribution in [0.5, 0.6) is 0 Å². The van der Waals surface area contributed by atoms with Gasteiger partial charge in [0, 0.05) is 0 Å². The number of nitrogens with two attached hydrogens (primary N) is 1. The number of aromatic nitrogens is 2. The Hall–Kier alpha value is -0.330. The quantitative estimate of drug-likeness (QED) is 0.588. The molecule has 12 heavy (non-hydrogen) atoms. The minimum Gasteiger partial charge on any atom is -0.379 e. The molecule has 0 amide bonds. The lowest BCUT2D eigenvalue weighted by atomic mass is 10.8. The van der Waals surface area contributed by atoms with Crippen LogP contribution in [0, 0.1) is 12.3 Å². The molecule has 3 N–H and O–H groups in total. The highest BCUT2D eigenvalue weighted by Gasteiger charge is 2.00. The van der Waals surface area contributed by atoms with E-state index in [4.69, 9.17) is 11.1 Å². The Balaban J connectivity index is 0.00000121. The van der Waals surface area contributed by atoms with Crippen molar-refractivity contribution in [1.82, 2.24) is 10.2 Å². The van der Waals surface area contributed by atoms with E-state index in [0.29, 0.717) is 5.75 Å². The van der Waals surface area contributed by atoms with Crippen LogP contribution in [-0.4, -0.2) is 15.4 Å². The van der Waals surface area contributed by atoms with Gasteiger partial charge in [0.1, 0.15) is 10.0 Å². The molecule has 0 spiro atoms. The summed E-state index contributed by atoms with van der Waals surface area (Å²) in [6.45, 7) is 1.90. The first-order valence-electron chi connectivity index (χ1n) is 2.94. The van der Waals surface area contributed by atoms with Crippen molar-refractivity contribution < 1.29 is 0 Å². The number of rotatable bonds is 2. The third kappa shape index (κ3) is 3.89. The number of halogens is 1. The normalized spacial score (nSPS) is 9.08. The van der Waals surface area contributed by atoms with Gasteiger partial charge in [0.05, 0.1) is 5.75 Å². The second kappa shape index (κ2) is 5.34. The molecular weight excluding hydrogens is 216 g/mol. The van der Waals surface area contributed by atoms with E-state index in [-0.39, 0.29) is 17.6 Å². The van der Waals surface area contributed by atoms with Crippen molar-refractivity contribution in [3.05, 3.63) is 10.0 Å². The molecule has 0 unspecified atom stereocenters. The molecule has 4 nitrogen and oxygen atoms in total. The van der Waals surface area contributed by atoms with Crippen LogP contribution in [0.2, 0.25) is 0 Å². The van der Waals surface area contributed by atoms with E-state index in [2.05, 4.69) is 10.2 Å². The number of nitrogens with one attached hydrogen (secondary N) is 1. The van der Waals surface area contributed by atoms with Crippen LogP contribution in [-0.2, 0) is 5.75 Å². The van der Waals surface area contributed by atoms with Crippen molar-refractivity contribution in [1.29, 1.82) is 5.41 Å². The molecule has 1 aromatic rings. The monoisotopic (exact) mass is 224 g/mol. The summed E-state index contributed by atoms with van der Waals surface area (Å²) >= 11 is 2.80. The smallest absolute Gasteiger partial charge is 0.151 e. The van der Waals surface area contributed by atoms with Gasteiger partial charge in [0.2, 0.25) is 0 Å². The van der Waals surface area contributed by atoms with E-state index in [1.807, 2.05) is 6.92 Å². The van der Waals surface area contributed by atoms with Gasteiger partial charge >= 0.3 is 0 Å². The lowest BCUT2D eigenvalue weighted by molar-refractivity contribution is 1.01. The summed E-state index contributed by atoms with van der Waals surface area (Å²) in [7, 11) is 0. The van der Waals surface area contributed by atoms with Crippen molar-refractivity contribution in [3.63, 3.8) is 0 Å². The maximum absolute atomic E-state index is 6.95. The third-order valence-electron chi connectivity index (χ3n) is 0.919. The van der Waals surface area contributed by atoms with E-state index in [1.54, 1.807) is 0 Å². The highest BCUT2D eigenvalue weighted by Crippen LogP contribution is 2.14. The number of hydrogen-bond donors (Lipinski definition) is 2. The molecule has 0 fully saturated rings. The predicted octanol–water partition coefficient (Wildman–Crippen LogP) is 1.39. The Morgan fingerprint density at radius 3 is 2.75 bits per heavy atom. The van der Waals surface area contributed by atoms with Crippen LogP contribution in [0.25, 0.3) is 0 Å². The van der Waals surface area contributed by atoms with Crippen molar-refractivity contribution >= 4 is 40.7 Å². The molecule has 0 aliphatic carbocycles. The molecule has 1 aromatic heterocycles.